The molecule has 5 nitrogen and oxygen atoms in total. The van der Waals surface area contributed by atoms with Crippen LogP contribution < -0.4 is 10.6 Å². The van der Waals surface area contributed by atoms with Gasteiger partial charge in [-0.25, -0.2) is 0 Å². The minimum atomic E-state index is -0.158. The number of ether oxygens (including phenoxy) is 1. The zero-order valence-corrected chi connectivity index (χ0v) is 14.4. The van der Waals surface area contributed by atoms with Crippen molar-refractivity contribution in [1.29, 1.82) is 0 Å². The molecule has 0 aliphatic carbocycles. The van der Waals surface area contributed by atoms with Gasteiger partial charge in [-0.05, 0) is 66.1 Å². The van der Waals surface area contributed by atoms with Crippen molar-refractivity contribution >= 4 is 5.91 Å². The maximum atomic E-state index is 12.2. The highest BCUT2D eigenvalue weighted by molar-refractivity contribution is 5.81. The monoisotopic (exact) mass is 299 g/mol. The largest absolute Gasteiger partial charge is 0.383 e. The number of hydrogen-bond acceptors (Lipinski definition) is 4. The van der Waals surface area contributed by atoms with E-state index in [0.29, 0.717) is 0 Å². The number of piperidine rings is 1. The lowest BCUT2D eigenvalue weighted by Gasteiger charge is -2.36. The molecule has 0 aromatic heterocycles. The molecule has 0 bridgehead atoms. The first-order chi connectivity index (χ1) is 9.83. The Morgan fingerprint density at radius 1 is 1.33 bits per heavy atom. The van der Waals surface area contributed by atoms with Crippen LogP contribution in [0.15, 0.2) is 0 Å². The predicted molar refractivity (Wildman–Crippen MR) is 86.4 cm³/mol. The van der Waals surface area contributed by atoms with E-state index in [2.05, 4.69) is 15.5 Å². The van der Waals surface area contributed by atoms with Gasteiger partial charge in [0.2, 0.25) is 5.91 Å². The second-order valence-corrected chi connectivity index (χ2v) is 7.09. The van der Waals surface area contributed by atoms with Gasteiger partial charge in [-0.1, -0.05) is 0 Å². The number of likely N-dealkylation sites (tertiary alicyclic amines) is 1. The Labute approximate surface area is 129 Å². The molecule has 0 aromatic rings. The molecule has 2 N–H and O–H groups in total. The highest BCUT2D eigenvalue weighted by Crippen LogP contribution is 2.18. The van der Waals surface area contributed by atoms with Crippen LogP contribution in [0.4, 0.5) is 0 Å². The van der Waals surface area contributed by atoms with E-state index in [4.69, 9.17) is 4.74 Å². The van der Waals surface area contributed by atoms with Gasteiger partial charge < -0.3 is 15.4 Å². The zero-order valence-electron chi connectivity index (χ0n) is 14.4. The summed E-state index contributed by atoms with van der Waals surface area (Å²) in [6, 6.07) is -0.0355. The highest BCUT2D eigenvalue weighted by atomic mass is 16.5. The Bertz CT molecular complexity index is 307. The molecule has 1 aliphatic rings. The molecule has 1 atom stereocenters. The van der Waals surface area contributed by atoms with Crippen LogP contribution >= 0.6 is 0 Å². The van der Waals surface area contributed by atoms with Crippen LogP contribution in [0.5, 0.6) is 0 Å². The number of carbonyl (C=O) groups excluding carboxylic acids is 1. The molecule has 1 rings (SSSR count). The molecular weight excluding hydrogens is 266 g/mol. The van der Waals surface area contributed by atoms with Crippen molar-refractivity contribution in [3.63, 3.8) is 0 Å². The lowest BCUT2D eigenvalue weighted by molar-refractivity contribution is -0.127. The third-order valence-electron chi connectivity index (χ3n) is 3.99. The summed E-state index contributed by atoms with van der Waals surface area (Å²) in [4.78, 5) is 14.5. The summed E-state index contributed by atoms with van der Waals surface area (Å²) in [6.07, 6.45) is 2.32. The van der Waals surface area contributed by atoms with Crippen molar-refractivity contribution in [3.05, 3.63) is 0 Å². The fourth-order valence-electron chi connectivity index (χ4n) is 2.66. The lowest BCUT2D eigenvalue weighted by Crippen LogP contribution is -2.53. The van der Waals surface area contributed by atoms with E-state index in [1.807, 2.05) is 27.7 Å². The van der Waals surface area contributed by atoms with Crippen molar-refractivity contribution in [2.75, 3.05) is 39.9 Å². The molecule has 0 saturated carbocycles. The van der Waals surface area contributed by atoms with Gasteiger partial charge >= 0.3 is 0 Å². The van der Waals surface area contributed by atoms with Crippen molar-refractivity contribution in [2.24, 2.45) is 5.92 Å². The van der Waals surface area contributed by atoms with Gasteiger partial charge in [0, 0.05) is 19.2 Å². The molecule has 5 heteroatoms. The first-order valence-corrected chi connectivity index (χ1v) is 8.09. The quantitative estimate of drug-likeness (QED) is 0.695. The van der Waals surface area contributed by atoms with Crippen LogP contribution in [0, 0.1) is 5.92 Å². The Balaban J connectivity index is 2.27. The van der Waals surface area contributed by atoms with Crippen molar-refractivity contribution in [3.8, 4) is 0 Å². The summed E-state index contributed by atoms with van der Waals surface area (Å²) >= 11 is 0. The lowest BCUT2D eigenvalue weighted by atomic mass is 9.95. The molecule has 0 aromatic carbocycles. The summed E-state index contributed by atoms with van der Waals surface area (Å²) in [7, 11) is 1.73. The van der Waals surface area contributed by atoms with Gasteiger partial charge in [-0.2, -0.15) is 0 Å². The normalized spacial score (nSPS) is 19.5. The van der Waals surface area contributed by atoms with E-state index >= 15 is 0 Å². The van der Waals surface area contributed by atoms with Gasteiger partial charge in [-0.3, -0.25) is 9.69 Å². The predicted octanol–water partition coefficient (Wildman–Crippen LogP) is 1.24. The van der Waals surface area contributed by atoms with Crippen molar-refractivity contribution in [2.45, 2.75) is 52.1 Å². The van der Waals surface area contributed by atoms with Gasteiger partial charge in [-0.15, -0.1) is 0 Å². The van der Waals surface area contributed by atoms with E-state index in [1.165, 1.54) is 0 Å². The topological polar surface area (TPSA) is 53.6 Å². The Kier molecular flexibility index (Phi) is 7.63. The number of nitrogens with zero attached hydrogens (tertiary/aromatic N) is 1. The van der Waals surface area contributed by atoms with Crippen LogP contribution in [-0.2, 0) is 9.53 Å². The van der Waals surface area contributed by atoms with Gasteiger partial charge in [0.1, 0.15) is 0 Å². The minimum Gasteiger partial charge on any atom is -0.383 e. The molecule has 1 heterocycles. The molecule has 1 fully saturated rings. The number of hydrogen-bond donors (Lipinski definition) is 2. The molecular formula is C16H33N3O2. The molecule has 0 spiro atoms. The fourth-order valence-corrected chi connectivity index (χ4v) is 2.66. The molecule has 0 radical (unpaired) electrons. The second kappa shape index (κ2) is 8.71. The van der Waals surface area contributed by atoms with Gasteiger partial charge in [0.05, 0.1) is 12.6 Å². The minimum absolute atomic E-state index is 0.0355. The Morgan fingerprint density at radius 3 is 2.48 bits per heavy atom. The van der Waals surface area contributed by atoms with E-state index in [1.54, 1.807) is 7.11 Å². The van der Waals surface area contributed by atoms with Crippen LogP contribution in [-0.4, -0.2) is 62.3 Å². The SMILES string of the molecule is COCCNCC1CCN(C(C)C(=O)NC(C)(C)C)CC1. The van der Waals surface area contributed by atoms with Crippen LogP contribution in [0.2, 0.25) is 0 Å². The third-order valence-corrected chi connectivity index (χ3v) is 3.99. The Morgan fingerprint density at radius 2 is 1.95 bits per heavy atom. The highest BCUT2D eigenvalue weighted by Gasteiger charge is 2.28. The van der Waals surface area contributed by atoms with Crippen LogP contribution in [0.3, 0.4) is 0 Å². The molecule has 124 valence electrons. The fraction of sp³-hybridized carbons (Fsp3) is 0.938. The number of rotatable bonds is 7. The van der Waals surface area contributed by atoms with Gasteiger partial charge in [0.15, 0.2) is 0 Å². The maximum Gasteiger partial charge on any atom is 0.237 e. The van der Waals surface area contributed by atoms with E-state index in [9.17, 15) is 4.79 Å². The summed E-state index contributed by atoms with van der Waals surface area (Å²) in [6.45, 7) is 12.8. The van der Waals surface area contributed by atoms with E-state index in [0.717, 1.165) is 51.5 Å². The first-order valence-electron chi connectivity index (χ1n) is 8.09. The van der Waals surface area contributed by atoms with E-state index < -0.39 is 0 Å². The third kappa shape index (κ3) is 7.25. The molecule has 1 aliphatic heterocycles. The van der Waals surface area contributed by atoms with Crippen molar-refractivity contribution < 1.29 is 9.53 Å². The van der Waals surface area contributed by atoms with Crippen molar-refractivity contribution in [1.82, 2.24) is 15.5 Å². The molecule has 21 heavy (non-hydrogen) atoms. The second-order valence-electron chi connectivity index (χ2n) is 7.09. The molecule has 1 saturated heterocycles. The molecule has 1 unspecified atom stereocenters. The number of methoxy groups -OCH3 is 1. The average Bonchev–Trinajstić information content (AvgIpc) is 2.41. The van der Waals surface area contributed by atoms with Gasteiger partial charge in [0.25, 0.3) is 0 Å². The number of carbonyl (C=O) groups is 1. The standard InChI is InChI=1S/C16H33N3O2/c1-13(15(20)18-16(2,3)4)19-9-6-14(7-10-19)12-17-8-11-21-5/h13-14,17H,6-12H2,1-5H3,(H,18,20). The Hall–Kier alpha value is -0.650. The zero-order chi connectivity index (χ0) is 15.9. The van der Waals surface area contributed by atoms with Crippen LogP contribution in [0.1, 0.15) is 40.5 Å². The average molecular weight is 299 g/mol. The maximum absolute atomic E-state index is 12.2. The summed E-state index contributed by atoms with van der Waals surface area (Å²) in [5, 5.41) is 6.50. The van der Waals surface area contributed by atoms with Crippen LogP contribution in [0.25, 0.3) is 0 Å². The number of nitrogens with one attached hydrogen (secondary N) is 2. The first kappa shape index (κ1) is 18.4. The summed E-state index contributed by atoms with van der Waals surface area (Å²) < 4.78 is 5.03. The smallest absolute Gasteiger partial charge is 0.237 e. The molecule has 1 amide bonds. The number of amides is 1. The van der Waals surface area contributed by atoms with E-state index in [-0.39, 0.29) is 17.5 Å². The summed E-state index contributed by atoms with van der Waals surface area (Å²) in [5.41, 5.74) is -0.158. The summed E-state index contributed by atoms with van der Waals surface area (Å²) in [5.74, 6) is 0.857.